The van der Waals surface area contributed by atoms with Crippen LogP contribution in [0.5, 0.6) is 0 Å². The predicted molar refractivity (Wildman–Crippen MR) is 70.2 cm³/mol. The second-order valence-corrected chi connectivity index (χ2v) is 4.95. The van der Waals surface area contributed by atoms with Gasteiger partial charge in [0.05, 0.1) is 5.56 Å². The van der Waals surface area contributed by atoms with E-state index in [1.807, 2.05) is 12.1 Å². The van der Waals surface area contributed by atoms with Crippen LogP contribution in [0.4, 0.5) is 5.69 Å². The molecule has 1 atom stereocenters. The minimum atomic E-state index is 0.134. The van der Waals surface area contributed by atoms with Crippen LogP contribution in [0.25, 0.3) is 0 Å². The van der Waals surface area contributed by atoms with Crippen LogP contribution in [0.1, 0.15) is 19.4 Å². The monoisotopic (exact) mass is 281 g/mol. The van der Waals surface area contributed by atoms with Crippen molar-refractivity contribution in [2.24, 2.45) is 11.7 Å². The molecule has 1 unspecified atom stereocenters. The van der Waals surface area contributed by atoms with Gasteiger partial charge in [0.2, 0.25) is 0 Å². The zero-order chi connectivity index (χ0) is 12.1. The van der Waals surface area contributed by atoms with E-state index in [4.69, 9.17) is 11.0 Å². The Balaban J connectivity index is 2.63. The molecule has 1 aromatic carbocycles. The molecule has 4 heteroatoms. The molecule has 0 radical (unpaired) electrons. The van der Waals surface area contributed by atoms with E-state index in [0.29, 0.717) is 11.5 Å². The molecule has 1 aromatic rings. The van der Waals surface area contributed by atoms with Crippen molar-refractivity contribution in [3.8, 4) is 6.07 Å². The highest BCUT2D eigenvalue weighted by Gasteiger charge is 2.07. The molecule has 0 fully saturated rings. The maximum atomic E-state index is 8.78. The average molecular weight is 282 g/mol. The topological polar surface area (TPSA) is 61.8 Å². The van der Waals surface area contributed by atoms with Crippen LogP contribution >= 0.6 is 15.9 Å². The van der Waals surface area contributed by atoms with Crippen molar-refractivity contribution in [1.29, 1.82) is 5.26 Å². The Morgan fingerprint density at radius 1 is 1.50 bits per heavy atom. The zero-order valence-corrected chi connectivity index (χ0v) is 11.1. The van der Waals surface area contributed by atoms with Gasteiger partial charge in [0, 0.05) is 22.7 Å². The Morgan fingerprint density at radius 3 is 2.69 bits per heavy atom. The number of rotatable bonds is 4. The smallest absolute Gasteiger partial charge is 0.100 e. The van der Waals surface area contributed by atoms with Crippen LogP contribution in [0.2, 0.25) is 0 Å². The molecule has 0 saturated carbocycles. The van der Waals surface area contributed by atoms with E-state index in [2.05, 4.69) is 41.2 Å². The van der Waals surface area contributed by atoms with Gasteiger partial charge in [0.15, 0.2) is 0 Å². The lowest BCUT2D eigenvalue weighted by Gasteiger charge is -2.17. The molecule has 3 N–H and O–H groups in total. The highest BCUT2D eigenvalue weighted by Crippen LogP contribution is 2.20. The van der Waals surface area contributed by atoms with Crippen LogP contribution in [-0.2, 0) is 0 Å². The molecule has 16 heavy (non-hydrogen) atoms. The van der Waals surface area contributed by atoms with E-state index < -0.39 is 0 Å². The summed E-state index contributed by atoms with van der Waals surface area (Å²) in [6.45, 7) is 4.93. The van der Waals surface area contributed by atoms with Gasteiger partial charge in [0.1, 0.15) is 6.07 Å². The first-order valence-electron chi connectivity index (χ1n) is 5.23. The maximum Gasteiger partial charge on any atom is 0.100 e. The summed E-state index contributed by atoms with van der Waals surface area (Å²) < 4.78 is 0.804. The minimum Gasteiger partial charge on any atom is -0.383 e. The standard InChI is InChI=1S/C12H16BrN3/c1-8(2)12(15)7-16-10-4-3-9(6-14)11(13)5-10/h3-5,8,12,16H,7,15H2,1-2H3. The van der Waals surface area contributed by atoms with Gasteiger partial charge in [-0.1, -0.05) is 13.8 Å². The van der Waals surface area contributed by atoms with Crippen molar-refractivity contribution < 1.29 is 0 Å². The van der Waals surface area contributed by atoms with Gasteiger partial charge in [-0.2, -0.15) is 5.26 Å². The summed E-state index contributed by atoms with van der Waals surface area (Å²) in [7, 11) is 0. The van der Waals surface area contributed by atoms with E-state index >= 15 is 0 Å². The average Bonchev–Trinajstić information content (AvgIpc) is 2.25. The second-order valence-electron chi connectivity index (χ2n) is 4.10. The third kappa shape index (κ3) is 3.51. The first-order chi connectivity index (χ1) is 7.54. The number of nitrogens with two attached hydrogens (primary N) is 1. The Morgan fingerprint density at radius 2 is 2.19 bits per heavy atom. The maximum absolute atomic E-state index is 8.78. The minimum absolute atomic E-state index is 0.134. The van der Waals surface area contributed by atoms with Crippen LogP contribution in [0, 0.1) is 17.2 Å². The fourth-order valence-electron chi connectivity index (χ4n) is 1.19. The van der Waals surface area contributed by atoms with Gasteiger partial charge in [-0.15, -0.1) is 0 Å². The first kappa shape index (κ1) is 13.0. The fraction of sp³-hybridized carbons (Fsp3) is 0.417. The second kappa shape index (κ2) is 5.88. The van der Waals surface area contributed by atoms with Gasteiger partial charge < -0.3 is 11.1 Å². The zero-order valence-electron chi connectivity index (χ0n) is 9.50. The molecule has 0 spiro atoms. The molecule has 86 valence electrons. The molecular weight excluding hydrogens is 266 g/mol. The van der Waals surface area contributed by atoms with Gasteiger partial charge in [-0.25, -0.2) is 0 Å². The number of hydrogen-bond acceptors (Lipinski definition) is 3. The molecule has 0 amide bonds. The van der Waals surface area contributed by atoms with Crippen molar-refractivity contribution in [3.05, 3.63) is 28.2 Å². The number of nitriles is 1. The van der Waals surface area contributed by atoms with Crippen LogP contribution < -0.4 is 11.1 Å². The van der Waals surface area contributed by atoms with Crippen LogP contribution in [0.3, 0.4) is 0 Å². The van der Waals surface area contributed by atoms with E-state index in [-0.39, 0.29) is 6.04 Å². The van der Waals surface area contributed by atoms with Gasteiger partial charge in [-0.05, 0) is 40.0 Å². The fourth-order valence-corrected chi connectivity index (χ4v) is 1.65. The van der Waals surface area contributed by atoms with E-state index in [9.17, 15) is 0 Å². The summed E-state index contributed by atoms with van der Waals surface area (Å²) in [4.78, 5) is 0. The van der Waals surface area contributed by atoms with Crippen LogP contribution in [0.15, 0.2) is 22.7 Å². The van der Waals surface area contributed by atoms with Gasteiger partial charge in [-0.3, -0.25) is 0 Å². The summed E-state index contributed by atoms with van der Waals surface area (Å²) in [5.74, 6) is 0.453. The number of halogens is 1. The lowest BCUT2D eigenvalue weighted by atomic mass is 10.1. The number of anilines is 1. The first-order valence-corrected chi connectivity index (χ1v) is 6.03. The van der Waals surface area contributed by atoms with Crippen LogP contribution in [-0.4, -0.2) is 12.6 Å². The Labute approximate surface area is 105 Å². The highest BCUT2D eigenvalue weighted by molar-refractivity contribution is 9.10. The lowest BCUT2D eigenvalue weighted by Crippen LogP contribution is -2.33. The summed E-state index contributed by atoms with van der Waals surface area (Å²) in [6, 6.07) is 7.80. The van der Waals surface area contributed by atoms with Gasteiger partial charge in [0.25, 0.3) is 0 Å². The quantitative estimate of drug-likeness (QED) is 0.892. The molecule has 1 rings (SSSR count). The van der Waals surface area contributed by atoms with E-state index in [0.717, 1.165) is 16.7 Å². The Hall–Kier alpha value is -1.05. The molecule has 3 nitrogen and oxygen atoms in total. The van der Waals surface area contributed by atoms with E-state index in [1.165, 1.54) is 0 Å². The van der Waals surface area contributed by atoms with Gasteiger partial charge >= 0.3 is 0 Å². The Kier molecular flexibility index (Phi) is 4.78. The van der Waals surface area contributed by atoms with E-state index in [1.54, 1.807) is 6.07 Å². The molecule has 0 saturated heterocycles. The van der Waals surface area contributed by atoms with Crippen molar-refractivity contribution in [2.75, 3.05) is 11.9 Å². The number of hydrogen-bond donors (Lipinski definition) is 2. The molecule has 0 aromatic heterocycles. The number of benzene rings is 1. The summed E-state index contributed by atoms with van der Waals surface area (Å²) >= 11 is 3.35. The molecule has 0 aliphatic carbocycles. The van der Waals surface area contributed by atoms with Crippen molar-refractivity contribution in [3.63, 3.8) is 0 Å². The SMILES string of the molecule is CC(C)C(N)CNc1ccc(C#N)c(Br)c1. The highest BCUT2D eigenvalue weighted by atomic mass is 79.9. The normalized spacial score (nSPS) is 12.2. The number of nitrogens with one attached hydrogen (secondary N) is 1. The third-order valence-corrected chi connectivity index (χ3v) is 3.14. The summed E-state index contributed by atoms with van der Waals surface area (Å²) in [5.41, 5.74) is 7.54. The molecule has 0 heterocycles. The largest absolute Gasteiger partial charge is 0.383 e. The van der Waals surface area contributed by atoms with Crippen molar-refractivity contribution in [1.82, 2.24) is 0 Å². The lowest BCUT2D eigenvalue weighted by molar-refractivity contribution is 0.511. The Bertz CT molecular complexity index is 396. The molecule has 0 bridgehead atoms. The molecule has 0 aliphatic heterocycles. The summed E-state index contributed by atoms with van der Waals surface area (Å²) in [5, 5.41) is 12.0. The molecule has 0 aliphatic rings. The predicted octanol–water partition coefficient (Wildman–Crippen LogP) is 2.72. The third-order valence-electron chi connectivity index (χ3n) is 2.49. The number of nitrogens with zero attached hydrogens (tertiary/aromatic N) is 1. The molecular formula is C12H16BrN3. The van der Waals surface area contributed by atoms with Crippen molar-refractivity contribution >= 4 is 21.6 Å². The van der Waals surface area contributed by atoms with Crippen molar-refractivity contribution in [2.45, 2.75) is 19.9 Å². The summed E-state index contributed by atoms with van der Waals surface area (Å²) in [6.07, 6.45) is 0.